The molecule has 0 aliphatic rings. The van der Waals surface area contributed by atoms with Gasteiger partial charge in [-0.25, -0.2) is 4.39 Å². The smallest absolute Gasteiger partial charge is 0.163 e. The van der Waals surface area contributed by atoms with Crippen molar-refractivity contribution in [1.82, 2.24) is 0 Å². The van der Waals surface area contributed by atoms with Crippen LogP contribution in [0.3, 0.4) is 0 Å². The molecule has 0 spiro atoms. The van der Waals surface area contributed by atoms with E-state index in [1.54, 1.807) is 0 Å². The highest BCUT2D eigenvalue weighted by Gasteiger charge is 2.06. The van der Waals surface area contributed by atoms with Crippen molar-refractivity contribution in [1.29, 1.82) is 0 Å². The summed E-state index contributed by atoms with van der Waals surface area (Å²) in [4.78, 5) is 11.9. The Bertz CT molecular complexity index is 597. The van der Waals surface area contributed by atoms with Gasteiger partial charge in [0.15, 0.2) is 5.78 Å². The van der Waals surface area contributed by atoms with Gasteiger partial charge in [-0.1, -0.05) is 6.07 Å². The third-order valence-corrected chi connectivity index (χ3v) is 3.18. The molecule has 0 amide bonds. The van der Waals surface area contributed by atoms with Crippen LogP contribution in [0.5, 0.6) is 5.75 Å². The van der Waals surface area contributed by atoms with Gasteiger partial charge in [-0.3, -0.25) is 4.79 Å². The first-order valence-corrected chi connectivity index (χ1v) is 7.04. The van der Waals surface area contributed by atoms with Crippen molar-refractivity contribution in [2.75, 3.05) is 6.61 Å². The second-order valence-corrected chi connectivity index (χ2v) is 5.21. The Morgan fingerprint density at radius 3 is 2.29 bits per heavy atom. The molecule has 0 saturated heterocycles. The van der Waals surface area contributed by atoms with Crippen molar-refractivity contribution in [3.63, 3.8) is 0 Å². The van der Waals surface area contributed by atoms with Crippen LogP contribution in [0, 0.1) is 19.7 Å². The molecule has 0 aliphatic heterocycles. The molecule has 2 aromatic rings. The maximum Gasteiger partial charge on any atom is 0.163 e. The second-order valence-electron chi connectivity index (χ2n) is 5.21. The van der Waals surface area contributed by atoms with Crippen molar-refractivity contribution in [3.8, 4) is 5.75 Å². The van der Waals surface area contributed by atoms with Crippen molar-refractivity contribution >= 4 is 5.78 Å². The number of halogens is 1. The fourth-order valence-corrected chi connectivity index (χ4v) is 2.22. The van der Waals surface area contributed by atoms with E-state index in [0.29, 0.717) is 25.0 Å². The molecule has 0 N–H and O–H groups in total. The maximum atomic E-state index is 12.8. The summed E-state index contributed by atoms with van der Waals surface area (Å²) in [7, 11) is 0. The summed E-state index contributed by atoms with van der Waals surface area (Å²) in [6.45, 7) is 4.55. The van der Waals surface area contributed by atoms with Gasteiger partial charge in [0.2, 0.25) is 0 Å². The van der Waals surface area contributed by atoms with E-state index in [2.05, 4.69) is 6.07 Å². The molecule has 0 radical (unpaired) electrons. The van der Waals surface area contributed by atoms with Crippen LogP contribution in [0.2, 0.25) is 0 Å². The van der Waals surface area contributed by atoms with Gasteiger partial charge in [0.1, 0.15) is 11.6 Å². The molecule has 21 heavy (non-hydrogen) atoms. The first kappa shape index (κ1) is 15.2. The topological polar surface area (TPSA) is 26.3 Å². The molecule has 0 bridgehead atoms. The third kappa shape index (κ3) is 4.71. The highest BCUT2D eigenvalue weighted by Crippen LogP contribution is 2.16. The Balaban J connectivity index is 1.79. The molecule has 0 aliphatic carbocycles. The molecule has 0 saturated carbocycles. The van der Waals surface area contributed by atoms with E-state index < -0.39 is 0 Å². The zero-order valence-electron chi connectivity index (χ0n) is 12.4. The molecular formula is C18H19FO2. The van der Waals surface area contributed by atoms with Crippen molar-refractivity contribution in [2.45, 2.75) is 26.7 Å². The van der Waals surface area contributed by atoms with Gasteiger partial charge < -0.3 is 4.74 Å². The minimum atomic E-state index is -0.329. The lowest BCUT2D eigenvalue weighted by Crippen LogP contribution is -2.04. The predicted molar refractivity (Wildman–Crippen MR) is 81.4 cm³/mol. The molecule has 2 rings (SSSR count). The maximum absolute atomic E-state index is 12.8. The molecule has 0 heterocycles. The minimum absolute atomic E-state index is 0.0130. The van der Waals surface area contributed by atoms with Gasteiger partial charge in [0, 0.05) is 12.0 Å². The summed E-state index contributed by atoms with van der Waals surface area (Å²) in [6, 6.07) is 11.7. The van der Waals surface area contributed by atoms with Crippen LogP contribution < -0.4 is 4.74 Å². The van der Waals surface area contributed by atoms with Crippen molar-refractivity contribution in [2.24, 2.45) is 0 Å². The zero-order chi connectivity index (χ0) is 15.2. The molecule has 0 aromatic heterocycles. The number of rotatable bonds is 6. The molecule has 0 atom stereocenters. The van der Waals surface area contributed by atoms with Crippen molar-refractivity contribution in [3.05, 3.63) is 65.0 Å². The lowest BCUT2D eigenvalue weighted by atomic mass is 10.1. The number of benzene rings is 2. The van der Waals surface area contributed by atoms with Gasteiger partial charge in [-0.2, -0.15) is 0 Å². The number of carbonyl (C=O) groups excluding carboxylic acids is 1. The number of hydrogen-bond donors (Lipinski definition) is 0. The van der Waals surface area contributed by atoms with Crippen molar-refractivity contribution < 1.29 is 13.9 Å². The van der Waals surface area contributed by atoms with Gasteiger partial charge in [0.05, 0.1) is 6.61 Å². The van der Waals surface area contributed by atoms with Gasteiger partial charge in [0.25, 0.3) is 0 Å². The molecule has 0 fully saturated rings. The predicted octanol–water partition coefficient (Wildman–Crippen LogP) is 4.48. The lowest BCUT2D eigenvalue weighted by Gasteiger charge is -2.08. The quantitative estimate of drug-likeness (QED) is 0.578. The van der Waals surface area contributed by atoms with Crippen LogP contribution in [0.4, 0.5) is 4.39 Å². The molecule has 0 unspecified atom stereocenters. The van der Waals surface area contributed by atoms with Gasteiger partial charge >= 0.3 is 0 Å². The normalized spacial score (nSPS) is 10.4. The fourth-order valence-electron chi connectivity index (χ4n) is 2.22. The highest BCUT2D eigenvalue weighted by molar-refractivity contribution is 5.95. The van der Waals surface area contributed by atoms with Crippen LogP contribution in [-0.4, -0.2) is 12.4 Å². The van der Waals surface area contributed by atoms with Crippen LogP contribution >= 0.6 is 0 Å². The Kier molecular flexibility index (Phi) is 5.09. The number of ketones is 1. The van der Waals surface area contributed by atoms with E-state index in [-0.39, 0.29) is 11.6 Å². The Morgan fingerprint density at radius 1 is 1.05 bits per heavy atom. The number of aryl methyl sites for hydroxylation is 2. The first-order valence-electron chi connectivity index (χ1n) is 7.04. The van der Waals surface area contributed by atoms with E-state index in [4.69, 9.17) is 4.74 Å². The number of Topliss-reactive ketones (excluding diaryl/α,β-unsaturated/α-hetero) is 1. The third-order valence-electron chi connectivity index (χ3n) is 3.18. The van der Waals surface area contributed by atoms with Crippen LogP contribution in [-0.2, 0) is 0 Å². The zero-order valence-corrected chi connectivity index (χ0v) is 12.4. The summed E-state index contributed by atoms with van der Waals surface area (Å²) in [5.41, 5.74) is 2.86. The highest BCUT2D eigenvalue weighted by atomic mass is 19.1. The van der Waals surface area contributed by atoms with Crippen LogP contribution in [0.15, 0.2) is 42.5 Å². The summed E-state index contributed by atoms with van der Waals surface area (Å²) in [6.07, 6.45) is 1.04. The van der Waals surface area contributed by atoms with E-state index in [1.807, 2.05) is 26.0 Å². The molecular weight excluding hydrogens is 267 g/mol. The summed E-state index contributed by atoms with van der Waals surface area (Å²) in [5, 5.41) is 0. The molecule has 2 nitrogen and oxygen atoms in total. The largest absolute Gasteiger partial charge is 0.494 e. The number of hydrogen-bond acceptors (Lipinski definition) is 2. The average Bonchev–Trinajstić information content (AvgIpc) is 2.43. The lowest BCUT2D eigenvalue weighted by molar-refractivity contribution is 0.0973. The average molecular weight is 286 g/mol. The number of carbonyl (C=O) groups is 1. The fraction of sp³-hybridized carbons (Fsp3) is 0.278. The van der Waals surface area contributed by atoms with E-state index in [1.165, 1.54) is 24.3 Å². The number of ether oxygens (including phenoxy) is 1. The summed E-state index contributed by atoms with van der Waals surface area (Å²) < 4.78 is 18.4. The molecule has 2 aromatic carbocycles. The summed E-state index contributed by atoms with van der Waals surface area (Å²) >= 11 is 0. The monoisotopic (exact) mass is 286 g/mol. The van der Waals surface area contributed by atoms with Crippen LogP contribution in [0.25, 0.3) is 0 Å². The molecule has 3 heteroatoms. The van der Waals surface area contributed by atoms with E-state index >= 15 is 0 Å². The molecule has 110 valence electrons. The van der Waals surface area contributed by atoms with Gasteiger partial charge in [-0.05, 0) is 67.8 Å². The Labute approximate surface area is 124 Å². The van der Waals surface area contributed by atoms with E-state index in [0.717, 1.165) is 16.9 Å². The first-order chi connectivity index (χ1) is 10.0. The van der Waals surface area contributed by atoms with Crippen LogP contribution in [0.1, 0.15) is 34.3 Å². The standard InChI is InChI=1S/C18H19FO2/c1-13-10-14(2)12-17(11-13)21-9-3-4-18(20)15-5-7-16(19)8-6-15/h5-8,10-12H,3-4,9H2,1-2H3. The van der Waals surface area contributed by atoms with Gasteiger partial charge in [-0.15, -0.1) is 0 Å². The minimum Gasteiger partial charge on any atom is -0.494 e. The Hall–Kier alpha value is -2.16. The Morgan fingerprint density at radius 2 is 1.67 bits per heavy atom. The second kappa shape index (κ2) is 7.02. The van der Waals surface area contributed by atoms with E-state index in [9.17, 15) is 9.18 Å². The summed E-state index contributed by atoms with van der Waals surface area (Å²) in [5.74, 6) is 0.519. The SMILES string of the molecule is Cc1cc(C)cc(OCCCC(=O)c2ccc(F)cc2)c1.